The SMILES string of the molecule is CC(c1ccc(O)cc1)c1ccc([N+](=O)[O-])cc1. The molecular formula is C14H13NO3. The number of hydrogen-bond acceptors (Lipinski definition) is 3. The van der Waals surface area contributed by atoms with Gasteiger partial charge in [-0.15, -0.1) is 0 Å². The Morgan fingerprint density at radius 1 is 1.00 bits per heavy atom. The van der Waals surface area contributed by atoms with Crippen LogP contribution >= 0.6 is 0 Å². The van der Waals surface area contributed by atoms with E-state index < -0.39 is 4.92 Å². The second kappa shape index (κ2) is 4.87. The molecule has 0 spiro atoms. The van der Waals surface area contributed by atoms with Crippen molar-refractivity contribution in [3.63, 3.8) is 0 Å². The second-order valence-electron chi connectivity index (χ2n) is 4.16. The van der Waals surface area contributed by atoms with Crippen molar-refractivity contribution < 1.29 is 10.0 Å². The summed E-state index contributed by atoms with van der Waals surface area (Å²) in [6, 6.07) is 13.5. The molecule has 2 aromatic rings. The number of hydrogen-bond donors (Lipinski definition) is 1. The molecule has 0 saturated carbocycles. The molecule has 4 nitrogen and oxygen atoms in total. The molecule has 0 bridgehead atoms. The lowest BCUT2D eigenvalue weighted by atomic mass is 9.93. The van der Waals surface area contributed by atoms with Gasteiger partial charge in [-0.05, 0) is 23.3 Å². The summed E-state index contributed by atoms with van der Waals surface area (Å²) in [6.07, 6.45) is 0. The first-order valence-corrected chi connectivity index (χ1v) is 5.61. The highest BCUT2D eigenvalue weighted by atomic mass is 16.6. The third-order valence-electron chi connectivity index (χ3n) is 3.00. The lowest BCUT2D eigenvalue weighted by Gasteiger charge is -2.12. The Hall–Kier alpha value is -2.36. The van der Waals surface area contributed by atoms with Crippen molar-refractivity contribution in [3.8, 4) is 5.75 Å². The van der Waals surface area contributed by atoms with Crippen LogP contribution in [0.3, 0.4) is 0 Å². The molecular weight excluding hydrogens is 230 g/mol. The quantitative estimate of drug-likeness (QED) is 0.663. The summed E-state index contributed by atoms with van der Waals surface area (Å²) in [7, 11) is 0. The third kappa shape index (κ3) is 2.48. The number of benzene rings is 2. The highest BCUT2D eigenvalue weighted by molar-refractivity contribution is 5.39. The van der Waals surface area contributed by atoms with Crippen molar-refractivity contribution in [1.29, 1.82) is 0 Å². The van der Waals surface area contributed by atoms with Gasteiger partial charge in [-0.25, -0.2) is 0 Å². The standard InChI is InChI=1S/C14H13NO3/c1-10(12-4-8-14(16)9-5-12)11-2-6-13(7-3-11)15(17)18/h2-10,16H,1H3. The lowest BCUT2D eigenvalue weighted by Crippen LogP contribution is -1.96. The number of phenolic OH excluding ortho intramolecular Hbond substituents is 1. The number of non-ortho nitro benzene ring substituents is 1. The van der Waals surface area contributed by atoms with Gasteiger partial charge >= 0.3 is 0 Å². The van der Waals surface area contributed by atoms with E-state index in [2.05, 4.69) is 0 Å². The summed E-state index contributed by atoms with van der Waals surface area (Å²) in [4.78, 5) is 10.2. The fraction of sp³-hybridized carbons (Fsp3) is 0.143. The van der Waals surface area contributed by atoms with Crippen LogP contribution in [-0.4, -0.2) is 10.0 Å². The minimum Gasteiger partial charge on any atom is -0.508 e. The van der Waals surface area contributed by atoms with Crippen molar-refractivity contribution in [2.75, 3.05) is 0 Å². The zero-order valence-corrected chi connectivity index (χ0v) is 9.91. The van der Waals surface area contributed by atoms with E-state index in [1.54, 1.807) is 24.3 Å². The fourth-order valence-corrected chi connectivity index (χ4v) is 1.84. The van der Waals surface area contributed by atoms with Crippen LogP contribution < -0.4 is 0 Å². The molecule has 18 heavy (non-hydrogen) atoms. The van der Waals surface area contributed by atoms with Crippen LogP contribution in [0.5, 0.6) is 5.75 Å². The lowest BCUT2D eigenvalue weighted by molar-refractivity contribution is -0.384. The summed E-state index contributed by atoms with van der Waals surface area (Å²) < 4.78 is 0. The van der Waals surface area contributed by atoms with E-state index in [9.17, 15) is 15.2 Å². The summed E-state index contributed by atoms with van der Waals surface area (Å²) in [5.41, 5.74) is 2.16. The van der Waals surface area contributed by atoms with E-state index in [0.717, 1.165) is 11.1 Å². The Morgan fingerprint density at radius 2 is 1.44 bits per heavy atom. The van der Waals surface area contributed by atoms with E-state index in [1.165, 1.54) is 12.1 Å². The Bertz CT molecular complexity index is 546. The van der Waals surface area contributed by atoms with E-state index >= 15 is 0 Å². The van der Waals surface area contributed by atoms with E-state index in [4.69, 9.17) is 0 Å². The number of phenols is 1. The second-order valence-corrected chi connectivity index (χ2v) is 4.16. The van der Waals surface area contributed by atoms with Gasteiger partial charge in [-0.2, -0.15) is 0 Å². The average molecular weight is 243 g/mol. The molecule has 2 rings (SSSR count). The van der Waals surface area contributed by atoms with Crippen LogP contribution in [0.2, 0.25) is 0 Å². The van der Waals surface area contributed by atoms with Crippen LogP contribution in [0.1, 0.15) is 24.0 Å². The predicted octanol–water partition coefficient (Wildman–Crippen LogP) is 3.45. The van der Waals surface area contributed by atoms with Gasteiger partial charge in [0.1, 0.15) is 5.75 Å². The molecule has 0 fully saturated rings. The zero-order valence-electron chi connectivity index (χ0n) is 9.91. The Morgan fingerprint density at radius 3 is 1.89 bits per heavy atom. The Balaban J connectivity index is 2.25. The fourth-order valence-electron chi connectivity index (χ4n) is 1.84. The molecule has 2 aromatic carbocycles. The first-order valence-electron chi connectivity index (χ1n) is 5.61. The van der Waals surface area contributed by atoms with Gasteiger partial charge < -0.3 is 5.11 Å². The van der Waals surface area contributed by atoms with Crippen molar-refractivity contribution >= 4 is 5.69 Å². The summed E-state index contributed by atoms with van der Waals surface area (Å²) in [6.45, 7) is 2.02. The Kier molecular flexibility index (Phi) is 3.28. The third-order valence-corrected chi connectivity index (χ3v) is 3.00. The minimum absolute atomic E-state index is 0.0941. The number of nitro groups is 1. The zero-order chi connectivity index (χ0) is 13.1. The minimum atomic E-state index is -0.408. The molecule has 0 heterocycles. The van der Waals surface area contributed by atoms with E-state index in [0.29, 0.717) is 0 Å². The van der Waals surface area contributed by atoms with Gasteiger partial charge in [0.2, 0.25) is 0 Å². The first-order chi connectivity index (χ1) is 8.58. The first kappa shape index (κ1) is 12.1. The number of nitro benzene ring substituents is 1. The van der Waals surface area contributed by atoms with E-state index in [-0.39, 0.29) is 17.4 Å². The maximum absolute atomic E-state index is 10.6. The van der Waals surface area contributed by atoms with Crippen molar-refractivity contribution in [1.82, 2.24) is 0 Å². The summed E-state index contributed by atoms with van der Waals surface area (Å²) in [5.74, 6) is 0.362. The van der Waals surface area contributed by atoms with E-state index in [1.807, 2.05) is 19.1 Å². The molecule has 0 saturated heterocycles. The van der Waals surface area contributed by atoms with Crippen LogP contribution in [0.15, 0.2) is 48.5 Å². The van der Waals surface area contributed by atoms with Gasteiger partial charge in [-0.3, -0.25) is 10.1 Å². The molecule has 0 aliphatic heterocycles. The molecule has 0 aliphatic rings. The smallest absolute Gasteiger partial charge is 0.269 e. The highest BCUT2D eigenvalue weighted by Gasteiger charge is 2.10. The predicted molar refractivity (Wildman–Crippen MR) is 68.7 cm³/mol. The van der Waals surface area contributed by atoms with Gasteiger partial charge in [0, 0.05) is 18.1 Å². The molecule has 0 aliphatic carbocycles. The van der Waals surface area contributed by atoms with Gasteiger partial charge in [0.15, 0.2) is 0 Å². The normalized spacial score (nSPS) is 12.1. The number of rotatable bonds is 3. The molecule has 1 unspecified atom stereocenters. The van der Waals surface area contributed by atoms with Crippen molar-refractivity contribution in [2.45, 2.75) is 12.8 Å². The maximum atomic E-state index is 10.6. The maximum Gasteiger partial charge on any atom is 0.269 e. The molecule has 92 valence electrons. The molecule has 1 atom stereocenters. The van der Waals surface area contributed by atoms with Crippen LogP contribution in [0.4, 0.5) is 5.69 Å². The van der Waals surface area contributed by atoms with Crippen LogP contribution in [0.25, 0.3) is 0 Å². The molecule has 0 radical (unpaired) electrons. The summed E-state index contributed by atoms with van der Waals surface area (Å²) in [5, 5.41) is 19.8. The number of nitrogens with zero attached hydrogens (tertiary/aromatic N) is 1. The van der Waals surface area contributed by atoms with Crippen molar-refractivity contribution in [2.24, 2.45) is 0 Å². The van der Waals surface area contributed by atoms with Gasteiger partial charge in [0.05, 0.1) is 4.92 Å². The number of aromatic hydroxyl groups is 1. The van der Waals surface area contributed by atoms with Crippen LogP contribution in [0, 0.1) is 10.1 Å². The van der Waals surface area contributed by atoms with Gasteiger partial charge in [-0.1, -0.05) is 31.2 Å². The van der Waals surface area contributed by atoms with Crippen LogP contribution in [-0.2, 0) is 0 Å². The monoisotopic (exact) mass is 243 g/mol. The largest absolute Gasteiger partial charge is 0.508 e. The summed E-state index contributed by atoms with van der Waals surface area (Å²) >= 11 is 0. The Labute approximate surface area is 105 Å². The highest BCUT2D eigenvalue weighted by Crippen LogP contribution is 2.26. The molecule has 4 heteroatoms. The molecule has 1 N–H and O–H groups in total. The topological polar surface area (TPSA) is 63.4 Å². The van der Waals surface area contributed by atoms with Gasteiger partial charge in [0.25, 0.3) is 5.69 Å². The van der Waals surface area contributed by atoms with Crippen molar-refractivity contribution in [3.05, 3.63) is 69.8 Å². The molecule has 0 aromatic heterocycles. The average Bonchev–Trinajstić information content (AvgIpc) is 2.39. The molecule has 0 amide bonds.